The molecule has 4 rings (SSSR count). The van der Waals surface area contributed by atoms with Crippen LogP contribution in [0.4, 0.5) is 5.69 Å². The summed E-state index contributed by atoms with van der Waals surface area (Å²) in [6, 6.07) is 12.1. The van der Waals surface area contributed by atoms with Gasteiger partial charge in [0.1, 0.15) is 5.58 Å². The number of halogens is 1. The molecule has 3 heterocycles. The van der Waals surface area contributed by atoms with Crippen LogP contribution in [0, 0.1) is 0 Å². The standard InChI is InChI=1S/C17H9ClN2O3S/c18-15-11(5-3-7-19-15)20-16(21)13-8-10-14(24-13)9-4-1-2-6-12(9)23-17(10)22/h1-8H,(H,20,21). The Morgan fingerprint density at radius 2 is 2.00 bits per heavy atom. The van der Waals surface area contributed by atoms with Gasteiger partial charge in [-0.15, -0.1) is 11.3 Å². The highest BCUT2D eigenvalue weighted by Gasteiger charge is 2.16. The minimum atomic E-state index is -0.460. The zero-order valence-corrected chi connectivity index (χ0v) is 13.6. The molecular formula is C17H9ClN2O3S. The van der Waals surface area contributed by atoms with Crippen molar-refractivity contribution in [1.29, 1.82) is 0 Å². The molecule has 0 saturated carbocycles. The van der Waals surface area contributed by atoms with Crippen molar-refractivity contribution in [1.82, 2.24) is 4.98 Å². The van der Waals surface area contributed by atoms with Gasteiger partial charge in [0.25, 0.3) is 5.91 Å². The van der Waals surface area contributed by atoms with Crippen molar-refractivity contribution < 1.29 is 9.21 Å². The molecule has 118 valence electrons. The molecule has 1 amide bonds. The fraction of sp³-hybridized carbons (Fsp3) is 0. The molecule has 0 bridgehead atoms. The number of para-hydroxylation sites is 1. The highest BCUT2D eigenvalue weighted by Crippen LogP contribution is 2.31. The molecule has 0 unspecified atom stereocenters. The molecule has 0 aliphatic rings. The van der Waals surface area contributed by atoms with E-state index < -0.39 is 5.63 Å². The lowest BCUT2D eigenvalue weighted by atomic mass is 10.2. The Bertz CT molecular complexity index is 1150. The van der Waals surface area contributed by atoms with Crippen LogP contribution in [-0.4, -0.2) is 10.9 Å². The maximum atomic E-state index is 12.5. The van der Waals surface area contributed by atoms with Crippen LogP contribution in [0.25, 0.3) is 21.1 Å². The van der Waals surface area contributed by atoms with E-state index in [2.05, 4.69) is 10.3 Å². The number of hydrogen-bond donors (Lipinski definition) is 1. The second kappa shape index (κ2) is 5.74. The van der Waals surface area contributed by atoms with Crippen LogP contribution < -0.4 is 10.9 Å². The number of pyridine rings is 1. The number of fused-ring (bicyclic) bond motifs is 3. The third-order valence-electron chi connectivity index (χ3n) is 3.52. The minimum absolute atomic E-state index is 0.205. The lowest BCUT2D eigenvalue weighted by Crippen LogP contribution is -2.10. The van der Waals surface area contributed by atoms with E-state index in [9.17, 15) is 9.59 Å². The number of anilines is 1. The van der Waals surface area contributed by atoms with Crippen LogP contribution >= 0.6 is 22.9 Å². The second-order valence-corrected chi connectivity index (χ2v) is 6.45. The summed E-state index contributed by atoms with van der Waals surface area (Å²) in [5.74, 6) is -0.352. The van der Waals surface area contributed by atoms with Crippen LogP contribution in [0.3, 0.4) is 0 Å². The first-order valence-corrected chi connectivity index (χ1v) is 8.20. The number of rotatable bonds is 2. The van der Waals surface area contributed by atoms with Crippen molar-refractivity contribution in [3.05, 3.63) is 69.1 Å². The SMILES string of the molecule is O=C(Nc1cccnc1Cl)c1cc2c(=O)oc3ccccc3c2s1. The number of hydrogen-bond acceptors (Lipinski definition) is 5. The Morgan fingerprint density at radius 3 is 2.83 bits per heavy atom. The highest BCUT2D eigenvalue weighted by molar-refractivity contribution is 7.21. The lowest BCUT2D eigenvalue weighted by molar-refractivity contribution is 0.103. The number of benzene rings is 1. The molecule has 0 atom stereocenters. The predicted octanol–water partition coefficient (Wildman–Crippen LogP) is 4.31. The van der Waals surface area contributed by atoms with Crippen LogP contribution in [0.2, 0.25) is 5.15 Å². The van der Waals surface area contributed by atoms with E-state index in [1.807, 2.05) is 12.1 Å². The fourth-order valence-electron chi connectivity index (χ4n) is 2.42. The molecule has 0 spiro atoms. The molecule has 0 fully saturated rings. The summed E-state index contributed by atoms with van der Waals surface area (Å²) >= 11 is 7.19. The molecule has 1 N–H and O–H groups in total. The van der Waals surface area contributed by atoms with Crippen LogP contribution in [0.1, 0.15) is 9.67 Å². The Morgan fingerprint density at radius 1 is 1.17 bits per heavy atom. The molecule has 0 aliphatic carbocycles. The Kier molecular flexibility index (Phi) is 3.55. The summed E-state index contributed by atoms with van der Waals surface area (Å²) in [5.41, 5.74) is 0.455. The average molecular weight is 357 g/mol. The van der Waals surface area contributed by atoms with E-state index in [1.54, 1.807) is 24.3 Å². The number of aromatic nitrogens is 1. The maximum Gasteiger partial charge on any atom is 0.345 e. The van der Waals surface area contributed by atoms with E-state index >= 15 is 0 Å². The van der Waals surface area contributed by atoms with E-state index in [0.717, 1.165) is 10.1 Å². The number of nitrogens with zero attached hydrogens (tertiary/aromatic N) is 1. The second-order valence-electron chi connectivity index (χ2n) is 5.04. The zero-order valence-electron chi connectivity index (χ0n) is 12.1. The third kappa shape index (κ3) is 2.46. The van der Waals surface area contributed by atoms with E-state index in [-0.39, 0.29) is 11.1 Å². The first kappa shape index (κ1) is 14.9. The van der Waals surface area contributed by atoms with Gasteiger partial charge >= 0.3 is 5.63 Å². The Hall–Kier alpha value is -2.70. The van der Waals surface area contributed by atoms with E-state index in [4.69, 9.17) is 16.0 Å². The molecule has 5 nitrogen and oxygen atoms in total. The molecular weight excluding hydrogens is 348 g/mol. The van der Waals surface area contributed by atoms with Gasteiger partial charge in [-0.25, -0.2) is 9.78 Å². The number of thiophene rings is 1. The smallest absolute Gasteiger partial charge is 0.345 e. The summed E-state index contributed by atoms with van der Waals surface area (Å²) in [5, 5.41) is 4.10. The quantitative estimate of drug-likeness (QED) is 0.429. The van der Waals surface area contributed by atoms with Crippen molar-refractivity contribution in [3.8, 4) is 0 Å². The average Bonchev–Trinajstić information content (AvgIpc) is 3.03. The number of carbonyl (C=O) groups is 1. The molecule has 7 heteroatoms. The largest absolute Gasteiger partial charge is 0.422 e. The van der Waals surface area contributed by atoms with Gasteiger partial charge in [-0.05, 0) is 30.3 Å². The van der Waals surface area contributed by atoms with Gasteiger partial charge in [-0.3, -0.25) is 4.79 Å². The molecule has 0 saturated heterocycles. The summed E-state index contributed by atoms with van der Waals surface area (Å²) < 4.78 is 6.02. The van der Waals surface area contributed by atoms with Crippen molar-refractivity contribution in [2.45, 2.75) is 0 Å². The summed E-state index contributed by atoms with van der Waals surface area (Å²) in [4.78, 5) is 28.9. The van der Waals surface area contributed by atoms with Crippen molar-refractivity contribution >= 4 is 55.6 Å². The van der Waals surface area contributed by atoms with Crippen LogP contribution in [-0.2, 0) is 0 Å². The number of carbonyl (C=O) groups excluding carboxylic acids is 1. The van der Waals surface area contributed by atoms with Gasteiger partial charge in [-0.1, -0.05) is 23.7 Å². The van der Waals surface area contributed by atoms with Crippen molar-refractivity contribution in [3.63, 3.8) is 0 Å². The molecule has 24 heavy (non-hydrogen) atoms. The summed E-state index contributed by atoms with van der Waals surface area (Å²) in [6.45, 7) is 0. The normalized spacial score (nSPS) is 11.0. The van der Waals surface area contributed by atoms with Gasteiger partial charge < -0.3 is 9.73 Å². The first-order chi connectivity index (χ1) is 11.6. The Labute approximate surface area is 144 Å². The van der Waals surface area contributed by atoms with Gasteiger partial charge in [-0.2, -0.15) is 0 Å². The minimum Gasteiger partial charge on any atom is -0.422 e. The molecule has 3 aromatic heterocycles. The van der Waals surface area contributed by atoms with Crippen molar-refractivity contribution in [2.75, 3.05) is 5.32 Å². The van der Waals surface area contributed by atoms with Gasteiger partial charge in [0, 0.05) is 11.6 Å². The summed E-state index contributed by atoms with van der Waals surface area (Å²) in [7, 11) is 0. The first-order valence-electron chi connectivity index (χ1n) is 7.01. The van der Waals surface area contributed by atoms with E-state index in [1.165, 1.54) is 23.6 Å². The molecule has 4 aromatic rings. The van der Waals surface area contributed by atoms with Crippen molar-refractivity contribution in [2.24, 2.45) is 0 Å². The maximum absolute atomic E-state index is 12.5. The third-order valence-corrected chi connectivity index (χ3v) is 4.99. The monoisotopic (exact) mass is 356 g/mol. The van der Waals surface area contributed by atoms with Gasteiger partial charge in [0.05, 0.1) is 20.7 Å². The molecule has 0 radical (unpaired) electrons. The molecule has 1 aromatic carbocycles. The van der Waals surface area contributed by atoms with Gasteiger partial charge in [0.15, 0.2) is 5.15 Å². The van der Waals surface area contributed by atoms with Crippen LogP contribution in [0.5, 0.6) is 0 Å². The lowest BCUT2D eigenvalue weighted by Gasteiger charge is -2.03. The highest BCUT2D eigenvalue weighted by atomic mass is 35.5. The fourth-order valence-corrected chi connectivity index (χ4v) is 3.65. The topological polar surface area (TPSA) is 72.2 Å². The Balaban J connectivity index is 1.82. The predicted molar refractivity (Wildman–Crippen MR) is 95.1 cm³/mol. The van der Waals surface area contributed by atoms with Crippen LogP contribution in [0.15, 0.2) is 57.9 Å². The number of nitrogens with one attached hydrogen (secondary N) is 1. The summed E-state index contributed by atoms with van der Waals surface area (Å²) in [6.07, 6.45) is 1.54. The number of amides is 1. The molecule has 0 aliphatic heterocycles. The zero-order chi connectivity index (χ0) is 16.7. The van der Waals surface area contributed by atoms with E-state index in [0.29, 0.717) is 21.5 Å². The van der Waals surface area contributed by atoms with Gasteiger partial charge in [0.2, 0.25) is 0 Å².